The average Bonchev–Trinajstić information content (AvgIpc) is 2.62. The molecule has 1 heterocycles. The Morgan fingerprint density at radius 1 is 1.53 bits per heavy atom. The smallest absolute Gasteiger partial charge is 0.266 e. The molecule has 0 unspecified atom stereocenters. The molecule has 1 fully saturated rings. The number of halogens is 1. The fourth-order valence-corrected chi connectivity index (χ4v) is 3.02. The van der Waals surface area contributed by atoms with E-state index in [-0.39, 0.29) is 11.7 Å². The lowest BCUT2D eigenvalue weighted by molar-refractivity contribution is -0.121. The maximum Gasteiger partial charge on any atom is 0.266 e. The largest absolute Gasteiger partial charge is 0.507 e. The van der Waals surface area contributed by atoms with E-state index in [0.29, 0.717) is 26.4 Å². The number of phenols is 1. The van der Waals surface area contributed by atoms with E-state index >= 15 is 0 Å². The van der Waals surface area contributed by atoms with Gasteiger partial charge >= 0.3 is 0 Å². The minimum absolute atomic E-state index is 0.0680. The highest BCUT2D eigenvalue weighted by Crippen LogP contribution is 2.34. The van der Waals surface area contributed by atoms with Gasteiger partial charge in [0.05, 0.1) is 4.91 Å². The van der Waals surface area contributed by atoms with Gasteiger partial charge in [-0.05, 0) is 24.3 Å². The van der Waals surface area contributed by atoms with Gasteiger partial charge in [-0.15, -0.1) is 6.58 Å². The van der Waals surface area contributed by atoms with Crippen LogP contribution in [0, 0.1) is 0 Å². The zero-order chi connectivity index (χ0) is 14.0. The molecule has 6 heteroatoms. The second-order valence-electron chi connectivity index (χ2n) is 3.78. The Hall–Kier alpha value is -1.30. The molecule has 1 N–H and O–H groups in total. The first-order valence-corrected chi connectivity index (χ1v) is 6.98. The van der Waals surface area contributed by atoms with Gasteiger partial charge in [-0.3, -0.25) is 9.69 Å². The summed E-state index contributed by atoms with van der Waals surface area (Å²) in [6.07, 6.45) is 3.20. The summed E-state index contributed by atoms with van der Waals surface area (Å²) in [5, 5.41) is 10.2. The van der Waals surface area contributed by atoms with Crippen LogP contribution in [-0.2, 0) is 4.79 Å². The van der Waals surface area contributed by atoms with Gasteiger partial charge in [0.25, 0.3) is 5.91 Å². The van der Waals surface area contributed by atoms with Crippen LogP contribution in [0.2, 0.25) is 5.02 Å². The molecule has 0 aromatic heterocycles. The van der Waals surface area contributed by atoms with Gasteiger partial charge in [0.1, 0.15) is 10.1 Å². The first-order chi connectivity index (χ1) is 9.02. The number of carbonyl (C=O) groups excluding carboxylic acids is 1. The lowest BCUT2D eigenvalue weighted by Crippen LogP contribution is -2.27. The summed E-state index contributed by atoms with van der Waals surface area (Å²) < 4.78 is 0.484. The summed E-state index contributed by atoms with van der Waals surface area (Å²) in [5.74, 6) is -0.118. The molecule has 1 aliphatic rings. The number of nitrogens with zero attached hydrogens (tertiary/aromatic N) is 1. The first kappa shape index (κ1) is 14.1. The lowest BCUT2D eigenvalue weighted by Gasteiger charge is -2.10. The molecule has 0 saturated carbocycles. The van der Waals surface area contributed by atoms with Crippen molar-refractivity contribution in [2.45, 2.75) is 0 Å². The number of thiocarbonyl (C=S) groups is 1. The third-order valence-electron chi connectivity index (χ3n) is 2.46. The van der Waals surface area contributed by atoms with Crippen LogP contribution >= 0.6 is 35.6 Å². The summed E-state index contributed by atoms with van der Waals surface area (Å²) in [4.78, 5) is 14.0. The van der Waals surface area contributed by atoms with E-state index in [4.69, 9.17) is 23.8 Å². The van der Waals surface area contributed by atoms with Crippen LogP contribution in [0.5, 0.6) is 5.75 Å². The normalized spacial score (nSPS) is 17.3. The number of benzene rings is 1. The van der Waals surface area contributed by atoms with Gasteiger partial charge in [-0.1, -0.05) is 41.7 Å². The summed E-state index contributed by atoms with van der Waals surface area (Å²) in [5.41, 5.74) is 0.492. The predicted molar refractivity (Wildman–Crippen MR) is 83.2 cm³/mol. The summed E-state index contributed by atoms with van der Waals surface area (Å²) in [6, 6.07) is 4.66. The Kier molecular flexibility index (Phi) is 4.29. The minimum Gasteiger partial charge on any atom is -0.507 e. The van der Waals surface area contributed by atoms with Gasteiger partial charge in [-0.25, -0.2) is 0 Å². The third-order valence-corrected chi connectivity index (χ3v) is 4.07. The standard InChI is InChI=1S/C13H10ClNO2S2/c1-2-5-15-12(17)11(19-13(15)18)7-8-6-9(14)3-4-10(8)16/h2-4,6-7,16H,1,5H2. The SMILES string of the molecule is C=CCN1C(=O)C(=Cc2cc(Cl)ccc2O)SC1=S. The Morgan fingerprint density at radius 2 is 2.26 bits per heavy atom. The quantitative estimate of drug-likeness (QED) is 0.527. The predicted octanol–water partition coefficient (Wildman–Crippen LogP) is 3.43. The van der Waals surface area contributed by atoms with Crippen LogP contribution in [0.1, 0.15) is 5.56 Å². The number of rotatable bonds is 3. The molecule has 0 atom stereocenters. The zero-order valence-corrected chi connectivity index (χ0v) is 12.2. The lowest BCUT2D eigenvalue weighted by atomic mass is 10.2. The Bertz CT molecular complexity index is 598. The molecule has 3 nitrogen and oxygen atoms in total. The first-order valence-electron chi connectivity index (χ1n) is 5.37. The van der Waals surface area contributed by atoms with Crippen molar-refractivity contribution >= 4 is 51.9 Å². The highest BCUT2D eigenvalue weighted by molar-refractivity contribution is 8.26. The van der Waals surface area contributed by atoms with E-state index in [1.807, 2.05) is 0 Å². The van der Waals surface area contributed by atoms with Crippen molar-refractivity contribution < 1.29 is 9.90 Å². The van der Waals surface area contributed by atoms with Gasteiger partial charge in [0.15, 0.2) is 0 Å². The van der Waals surface area contributed by atoms with Crippen LogP contribution in [0.25, 0.3) is 6.08 Å². The summed E-state index contributed by atoms with van der Waals surface area (Å²) in [6.45, 7) is 3.97. The number of amides is 1. The monoisotopic (exact) mass is 311 g/mol. The molecule has 1 saturated heterocycles. The van der Waals surface area contributed by atoms with Gasteiger partial charge in [0, 0.05) is 17.1 Å². The van der Waals surface area contributed by atoms with E-state index in [9.17, 15) is 9.90 Å². The number of aromatic hydroxyl groups is 1. The molecule has 0 bridgehead atoms. The van der Waals surface area contributed by atoms with Gasteiger partial charge in [-0.2, -0.15) is 0 Å². The van der Waals surface area contributed by atoms with Crippen molar-refractivity contribution in [3.63, 3.8) is 0 Å². The van der Waals surface area contributed by atoms with Gasteiger partial charge in [0.2, 0.25) is 0 Å². The molecule has 1 aliphatic heterocycles. The topological polar surface area (TPSA) is 40.5 Å². The van der Waals surface area contributed by atoms with Crippen molar-refractivity contribution in [1.29, 1.82) is 0 Å². The van der Waals surface area contributed by atoms with Crippen molar-refractivity contribution in [3.8, 4) is 5.75 Å². The van der Waals surface area contributed by atoms with E-state index < -0.39 is 0 Å². The van der Waals surface area contributed by atoms with Crippen molar-refractivity contribution in [3.05, 3.63) is 46.3 Å². The number of carbonyl (C=O) groups is 1. The van der Waals surface area contributed by atoms with Crippen LogP contribution in [0.4, 0.5) is 0 Å². The third kappa shape index (κ3) is 3.00. The molecule has 0 spiro atoms. The fourth-order valence-electron chi connectivity index (χ4n) is 1.57. The molecular weight excluding hydrogens is 302 g/mol. The van der Waals surface area contributed by atoms with Crippen LogP contribution in [0.15, 0.2) is 35.8 Å². The Labute approximate surface area is 125 Å². The highest BCUT2D eigenvalue weighted by Gasteiger charge is 2.31. The molecule has 1 aromatic carbocycles. The molecule has 98 valence electrons. The summed E-state index contributed by atoms with van der Waals surface area (Å²) in [7, 11) is 0. The van der Waals surface area contributed by atoms with E-state index in [2.05, 4.69) is 6.58 Å². The Morgan fingerprint density at radius 3 is 2.95 bits per heavy atom. The molecule has 1 aromatic rings. The zero-order valence-electron chi connectivity index (χ0n) is 9.80. The van der Waals surface area contributed by atoms with E-state index in [0.717, 1.165) is 0 Å². The second-order valence-corrected chi connectivity index (χ2v) is 5.90. The maximum absolute atomic E-state index is 12.1. The molecule has 19 heavy (non-hydrogen) atoms. The van der Waals surface area contributed by atoms with Crippen molar-refractivity contribution in [2.24, 2.45) is 0 Å². The molecular formula is C13H10ClNO2S2. The minimum atomic E-state index is -0.186. The molecule has 0 radical (unpaired) electrons. The van der Waals surface area contributed by atoms with Crippen molar-refractivity contribution in [2.75, 3.05) is 6.54 Å². The molecule has 2 rings (SSSR count). The van der Waals surface area contributed by atoms with Crippen LogP contribution in [-0.4, -0.2) is 26.8 Å². The van der Waals surface area contributed by atoms with E-state index in [1.165, 1.54) is 22.7 Å². The highest BCUT2D eigenvalue weighted by atomic mass is 35.5. The van der Waals surface area contributed by atoms with E-state index in [1.54, 1.807) is 24.3 Å². The molecule has 1 amide bonds. The van der Waals surface area contributed by atoms with Crippen LogP contribution in [0.3, 0.4) is 0 Å². The fraction of sp³-hybridized carbons (Fsp3) is 0.0769. The van der Waals surface area contributed by atoms with Crippen molar-refractivity contribution in [1.82, 2.24) is 4.90 Å². The number of hydrogen-bond donors (Lipinski definition) is 1. The van der Waals surface area contributed by atoms with Crippen LogP contribution < -0.4 is 0 Å². The second kappa shape index (κ2) is 5.77. The maximum atomic E-state index is 12.1. The number of hydrogen-bond acceptors (Lipinski definition) is 4. The summed E-state index contributed by atoms with van der Waals surface area (Å²) >= 11 is 12.2. The number of thioether (sulfide) groups is 1. The van der Waals surface area contributed by atoms with Gasteiger partial charge < -0.3 is 5.11 Å². The number of phenolic OH excluding ortho intramolecular Hbond substituents is 1. The molecule has 0 aliphatic carbocycles. The average molecular weight is 312 g/mol. The Balaban J connectivity index is 2.34.